The number of halogens is 1. The van der Waals surface area contributed by atoms with E-state index < -0.39 is 0 Å². The Hall–Kier alpha value is -2.96. The lowest BCUT2D eigenvalue weighted by atomic mass is 10.2. The molecule has 2 aromatic carbocycles. The van der Waals surface area contributed by atoms with Gasteiger partial charge in [0, 0.05) is 13.1 Å². The molecule has 0 spiro atoms. The van der Waals surface area contributed by atoms with Crippen molar-refractivity contribution in [3.8, 4) is 5.75 Å². The van der Waals surface area contributed by atoms with Gasteiger partial charge < -0.3 is 10.1 Å². The normalized spacial score (nSPS) is 10.6. The van der Waals surface area contributed by atoms with Crippen molar-refractivity contribution in [3.63, 3.8) is 0 Å². The molecule has 124 valence electrons. The van der Waals surface area contributed by atoms with Crippen LogP contribution in [0.2, 0.25) is 0 Å². The standard InChI is InChI=1S/C17H18FN5O/c1-2-23-17(20-21-22-23)19-11-14-4-3-5-16(10-14)24-12-13-6-8-15(18)9-7-13/h3-10H,2,11-12H2,1H3,(H,19,20,22). The molecule has 0 saturated carbocycles. The number of ether oxygens (including phenoxy) is 1. The number of nitrogens with zero attached hydrogens (tertiary/aromatic N) is 4. The lowest BCUT2D eigenvalue weighted by Crippen LogP contribution is -2.08. The molecule has 1 aromatic heterocycles. The fraction of sp³-hybridized carbons (Fsp3) is 0.235. The number of benzene rings is 2. The van der Waals surface area contributed by atoms with E-state index in [9.17, 15) is 4.39 Å². The van der Waals surface area contributed by atoms with Gasteiger partial charge >= 0.3 is 0 Å². The van der Waals surface area contributed by atoms with Crippen molar-refractivity contribution >= 4 is 5.95 Å². The summed E-state index contributed by atoms with van der Waals surface area (Å²) in [6.45, 7) is 3.67. The van der Waals surface area contributed by atoms with Crippen LogP contribution in [0.4, 0.5) is 10.3 Å². The number of nitrogens with one attached hydrogen (secondary N) is 1. The van der Waals surface area contributed by atoms with Crippen LogP contribution in [0.3, 0.4) is 0 Å². The Kier molecular flexibility index (Phi) is 5.00. The van der Waals surface area contributed by atoms with Crippen LogP contribution in [0, 0.1) is 5.82 Å². The first kappa shape index (κ1) is 15.9. The zero-order valence-electron chi connectivity index (χ0n) is 13.3. The lowest BCUT2D eigenvalue weighted by molar-refractivity contribution is 0.306. The van der Waals surface area contributed by atoms with Crippen LogP contribution in [0.25, 0.3) is 0 Å². The molecule has 0 aliphatic rings. The summed E-state index contributed by atoms with van der Waals surface area (Å²) in [6.07, 6.45) is 0. The highest BCUT2D eigenvalue weighted by Gasteiger charge is 2.04. The number of aryl methyl sites for hydroxylation is 1. The zero-order chi connectivity index (χ0) is 16.8. The summed E-state index contributed by atoms with van der Waals surface area (Å²) in [7, 11) is 0. The van der Waals surface area contributed by atoms with E-state index in [1.165, 1.54) is 12.1 Å². The second kappa shape index (κ2) is 7.54. The van der Waals surface area contributed by atoms with Crippen molar-refractivity contribution in [2.24, 2.45) is 0 Å². The minimum atomic E-state index is -0.249. The van der Waals surface area contributed by atoms with Gasteiger partial charge in [-0.05, 0) is 52.7 Å². The molecule has 7 heteroatoms. The van der Waals surface area contributed by atoms with Gasteiger partial charge in [0.25, 0.3) is 0 Å². The van der Waals surface area contributed by atoms with Gasteiger partial charge in [-0.2, -0.15) is 0 Å². The summed E-state index contributed by atoms with van der Waals surface area (Å²) < 4.78 is 20.3. The smallest absolute Gasteiger partial charge is 0.243 e. The molecule has 24 heavy (non-hydrogen) atoms. The second-order valence-electron chi connectivity index (χ2n) is 5.23. The van der Waals surface area contributed by atoms with Crippen molar-refractivity contribution in [3.05, 3.63) is 65.5 Å². The molecule has 0 amide bonds. The van der Waals surface area contributed by atoms with Gasteiger partial charge in [-0.3, -0.25) is 0 Å². The van der Waals surface area contributed by atoms with Gasteiger partial charge in [-0.15, -0.1) is 0 Å². The average molecular weight is 327 g/mol. The third-order valence-electron chi connectivity index (χ3n) is 3.50. The minimum absolute atomic E-state index is 0.249. The minimum Gasteiger partial charge on any atom is -0.489 e. The Morgan fingerprint density at radius 1 is 1.12 bits per heavy atom. The first-order chi connectivity index (χ1) is 11.7. The van der Waals surface area contributed by atoms with E-state index in [1.807, 2.05) is 31.2 Å². The van der Waals surface area contributed by atoms with Crippen LogP contribution in [-0.4, -0.2) is 20.2 Å². The van der Waals surface area contributed by atoms with E-state index in [4.69, 9.17) is 4.74 Å². The van der Waals surface area contributed by atoms with Crippen molar-refractivity contribution in [2.45, 2.75) is 26.6 Å². The molecule has 0 atom stereocenters. The van der Waals surface area contributed by atoms with Gasteiger partial charge in [0.05, 0.1) is 0 Å². The Bertz CT molecular complexity index is 788. The predicted octanol–water partition coefficient (Wildman–Crippen LogP) is 3.02. The molecule has 0 bridgehead atoms. The summed E-state index contributed by atoms with van der Waals surface area (Å²) >= 11 is 0. The van der Waals surface area contributed by atoms with E-state index in [2.05, 4.69) is 20.8 Å². The van der Waals surface area contributed by atoms with Gasteiger partial charge in [-0.25, -0.2) is 9.07 Å². The first-order valence-electron chi connectivity index (χ1n) is 7.71. The monoisotopic (exact) mass is 327 g/mol. The third kappa shape index (κ3) is 4.07. The highest BCUT2D eigenvalue weighted by Crippen LogP contribution is 2.16. The molecule has 6 nitrogen and oxygen atoms in total. The van der Waals surface area contributed by atoms with E-state index in [0.29, 0.717) is 25.6 Å². The molecule has 1 N–H and O–H groups in total. The Balaban J connectivity index is 1.58. The van der Waals surface area contributed by atoms with Gasteiger partial charge in [-0.1, -0.05) is 29.4 Å². The van der Waals surface area contributed by atoms with Gasteiger partial charge in [0.2, 0.25) is 5.95 Å². The maximum Gasteiger partial charge on any atom is 0.243 e. The Morgan fingerprint density at radius 2 is 1.96 bits per heavy atom. The van der Waals surface area contributed by atoms with Crippen molar-refractivity contribution < 1.29 is 9.13 Å². The number of anilines is 1. The molecule has 1 heterocycles. The molecule has 3 rings (SSSR count). The number of hydrogen-bond acceptors (Lipinski definition) is 5. The Morgan fingerprint density at radius 3 is 2.75 bits per heavy atom. The highest BCUT2D eigenvalue weighted by molar-refractivity contribution is 5.32. The zero-order valence-corrected chi connectivity index (χ0v) is 13.3. The molecular weight excluding hydrogens is 309 g/mol. The quantitative estimate of drug-likeness (QED) is 0.722. The SMILES string of the molecule is CCn1nnnc1NCc1cccc(OCc2ccc(F)cc2)c1. The van der Waals surface area contributed by atoms with E-state index in [1.54, 1.807) is 16.8 Å². The van der Waals surface area contributed by atoms with Crippen LogP contribution in [0.5, 0.6) is 5.75 Å². The van der Waals surface area contributed by atoms with Crippen LogP contribution in [-0.2, 0) is 19.7 Å². The molecule has 0 saturated heterocycles. The van der Waals surface area contributed by atoms with Crippen LogP contribution in [0.1, 0.15) is 18.1 Å². The van der Waals surface area contributed by atoms with E-state index in [-0.39, 0.29) is 5.82 Å². The molecule has 0 unspecified atom stereocenters. The molecule has 0 aliphatic carbocycles. The largest absolute Gasteiger partial charge is 0.489 e. The van der Waals surface area contributed by atoms with E-state index in [0.717, 1.165) is 16.9 Å². The second-order valence-corrected chi connectivity index (χ2v) is 5.23. The van der Waals surface area contributed by atoms with Gasteiger partial charge in [0.15, 0.2) is 0 Å². The summed E-state index contributed by atoms with van der Waals surface area (Å²) in [4.78, 5) is 0. The van der Waals surface area contributed by atoms with Crippen LogP contribution in [0.15, 0.2) is 48.5 Å². The molecular formula is C17H18FN5O. The number of rotatable bonds is 7. The average Bonchev–Trinajstić information content (AvgIpc) is 3.07. The fourth-order valence-corrected chi connectivity index (χ4v) is 2.22. The fourth-order valence-electron chi connectivity index (χ4n) is 2.22. The molecule has 3 aromatic rings. The maximum atomic E-state index is 12.9. The third-order valence-corrected chi connectivity index (χ3v) is 3.50. The van der Waals surface area contributed by atoms with Crippen LogP contribution < -0.4 is 10.1 Å². The van der Waals surface area contributed by atoms with Crippen molar-refractivity contribution in [1.29, 1.82) is 0 Å². The lowest BCUT2D eigenvalue weighted by Gasteiger charge is -2.09. The van der Waals surface area contributed by atoms with Gasteiger partial charge in [0.1, 0.15) is 18.2 Å². The molecule has 0 aliphatic heterocycles. The summed E-state index contributed by atoms with van der Waals surface area (Å²) in [5, 5.41) is 14.7. The highest BCUT2D eigenvalue weighted by atomic mass is 19.1. The summed E-state index contributed by atoms with van der Waals surface area (Å²) in [5.74, 6) is 1.14. The number of hydrogen-bond donors (Lipinski definition) is 1. The maximum absolute atomic E-state index is 12.9. The van der Waals surface area contributed by atoms with Crippen molar-refractivity contribution in [1.82, 2.24) is 20.2 Å². The molecule has 0 radical (unpaired) electrons. The molecule has 0 fully saturated rings. The summed E-state index contributed by atoms with van der Waals surface area (Å²) in [5.41, 5.74) is 1.97. The predicted molar refractivity (Wildman–Crippen MR) is 88.0 cm³/mol. The topological polar surface area (TPSA) is 64.9 Å². The first-order valence-corrected chi connectivity index (χ1v) is 7.71. The Labute approximate surface area is 139 Å². The summed E-state index contributed by atoms with van der Waals surface area (Å²) in [6, 6.07) is 14.1. The number of aromatic nitrogens is 4. The van der Waals surface area contributed by atoms with E-state index >= 15 is 0 Å². The number of tetrazole rings is 1. The van der Waals surface area contributed by atoms with Crippen LogP contribution >= 0.6 is 0 Å². The van der Waals surface area contributed by atoms with Crippen molar-refractivity contribution in [2.75, 3.05) is 5.32 Å².